The number of oxime groups is 1. The minimum absolute atomic E-state index is 0.134. The fourth-order valence-corrected chi connectivity index (χ4v) is 2.42. The topological polar surface area (TPSA) is 61.8 Å². The number of hydrogen-bond donors (Lipinski definition) is 2. The Hall–Kier alpha value is -0.880. The number of nitrogens with zero attached hydrogens (tertiary/aromatic N) is 2. The highest BCUT2D eigenvalue weighted by Gasteiger charge is 2.11. The summed E-state index contributed by atoms with van der Waals surface area (Å²) in [7, 11) is 2.01. The second-order valence-corrected chi connectivity index (χ2v) is 5.82. The first-order chi connectivity index (χ1) is 8.60. The monoisotopic (exact) mass is 331 g/mol. The molecule has 1 aromatic rings. The second-order valence-electron chi connectivity index (χ2n) is 3.91. The van der Waals surface area contributed by atoms with E-state index in [4.69, 9.17) is 10.9 Å². The molecule has 3 N–H and O–H groups in total. The maximum absolute atomic E-state index is 8.81. The summed E-state index contributed by atoms with van der Waals surface area (Å²) in [6, 6.07) is 5.71. The molecule has 0 heterocycles. The van der Waals surface area contributed by atoms with Crippen LogP contribution in [0.3, 0.4) is 0 Å². The third kappa shape index (κ3) is 4.10. The minimum Gasteiger partial charge on any atom is -0.409 e. The normalized spacial score (nSPS) is 11.6. The van der Waals surface area contributed by atoms with E-state index in [1.54, 1.807) is 0 Å². The van der Waals surface area contributed by atoms with Crippen molar-refractivity contribution in [1.29, 1.82) is 0 Å². The van der Waals surface area contributed by atoms with Crippen molar-refractivity contribution in [3.8, 4) is 0 Å². The van der Waals surface area contributed by atoms with E-state index >= 15 is 0 Å². The molecule has 0 bridgehead atoms. The van der Waals surface area contributed by atoms with Crippen molar-refractivity contribution in [3.05, 3.63) is 28.2 Å². The lowest BCUT2D eigenvalue weighted by Crippen LogP contribution is -2.24. The molecule has 0 aliphatic heterocycles. The highest BCUT2D eigenvalue weighted by molar-refractivity contribution is 9.10. The summed E-state index contributed by atoms with van der Waals surface area (Å²) in [4.78, 5) is 2.12. The molecular formula is C12H18BrN3OS. The average molecular weight is 332 g/mol. The zero-order valence-electron chi connectivity index (χ0n) is 10.6. The lowest BCUT2D eigenvalue weighted by atomic mass is 10.1. The van der Waals surface area contributed by atoms with Crippen LogP contribution >= 0.6 is 27.7 Å². The van der Waals surface area contributed by atoms with Gasteiger partial charge in [0.25, 0.3) is 0 Å². The maximum Gasteiger partial charge on any atom is 0.172 e. The molecule has 0 radical (unpaired) electrons. The van der Waals surface area contributed by atoms with Crippen LogP contribution < -0.4 is 10.6 Å². The molecule has 1 aromatic carbocycles. The summed E-state index contributed by atoms with van der Waals surface area (Å²) in [5, 5.41) is 11.9. The first kappa shape index (κ1) is 15.2. The molecule has 18 heavy (non-hydrogen) atoms. The summed E-state index contributed by atoms with van der Waals surface area (Å²) in [6.07, 6.45) is 3.20. The van der Waals surface area contributed by atoms with Gasteiger partial charge in [-0.25, -0.2) is 0 Å². The summed E-state index contributed by atoms with van der Waals surface area (Å²) in [6.45, 7) is 0.934. The first-order valence-electron chi connectivity index (χ1n) is 5.57. The summed E-state index contributed by atoms with van der Waals surface area (Å²) in [5.74, 6) is 1.26. The van der Waals surface area contributed by atoms with E-state index in [2.05, 4.69) is 32.2 Å². The Balaban J connectivity index is 2.94. The highest BCUT2D eigenvalue weighted by atomic mass is 79.9. The van der Waals surface area contributed by atoms with Crippen LogP contribution in [0.1, 0.15) is 12.0 Å². The number of halogens is 1. The Morgan fingerprint density at radius 1 is 1.56 bits per heavy atom. The summed E-state index contributed by atoms with van der Waals surface area (Å²) < 4.78 is 0.976. The van der Waals surface area contributed by atoms with E-state index in [0.29, 0.717) is 0 Å². The van der Waals surface area contributed by atoms with Gasteiger partial charge < -0.3 is 15.8 Å². The zero-order chi connectivity index (χ0) is 13.5. The number of nitrogens with two attached hydrogens (primary N) is 1. The SMILES string of the molecule is CSCCCN(C)c1cc(Br)ccc1/C(N)=N/O. The Morgan fingerprint density at radius 3 is 2.89 bits per heavy atom. The molecule has 0 aliphatic rings. The predicted molar refractivity (Wildman–Crippen MR) is 82.9 cm³/mol. The molecule has 0 saturated heterocycles. The van der Waals surface area contributed by atoms with Gasteiger partial charge in [0.05, 0.1) is 0 Å². The van der Waals surface area contributed by atoms with Crippen LogP contribution in [0, 0.1) is 0 Å². The van der Waals surface area contributed by atoms with Gasteiger partial charge in [-0.3, -0.25) is 0 Å². The van der Waals surface area contributed by atoms with Crippen molar-refractivity contribution in [3.63, 3.8) is 0 Å². The number of rotatable bonds is 6. The third-order valence-electron chi connectivity index (χ3n) is 2.60. The van der Waals surface area contributed by atoms with Crippen LogP contribution in [-0.2, 0) is 0 Å². The molecule has 0 aliphatic carbocycles. The average Bonchev–Trinajstić information content (AvgIpc) is 2.38. The van der Waals surface area contributed by atoms with Gasteiger partial charge in [0, 0.05) is 29.3 Å². The molecule has 0 amide bonds. The highest BCUT2D eigenvalue weighted by Crippen LogP contribution is 2.24. The van der Waals surface area contributed by atoms with Gasteiger partial charge in [0.15, 0.2) is 5.84 Å². The number of anilines is 1. The summed E-state index contributed by atoms with van der Waals surface area (Å²) >= 11 is 5.28. The van der Waals surface area contributed by atoms with E-state index < -0.39 is 0 Å². The molecule has 6 heteroatoms. The molecule has 0 atom stereocenters. The maximum atomic E-state index is 8.81. The number of thioether (sulfide) groups is 1. The lowest BCUT2D eigenvalue weighted by molar-refractivity contribution is 0.318. The lowest BCUT2D eigenvalue weighted by Gasteiger charge is -2.22. The van der Waals surface area contributed by atoms with Crippen molar-refractivity contribution in [1.82, 2.24) is 0 Å². The fraction of sp³-hybridized carbons (Fsp3) is 0.417. The fourth-order valence-electron chi connectivity index (χ4n) is 1.66. The van der Waals surface area contributed by atoms with Gasteiger partial charge in [0.2, 0.25) is 0 Å². The Morgan fingerprint density at radius 2 is 2.28 bits per heavy atom. The zero-order valence-corrected chi connectivity index (χ0v) is 13.0. The van der Waals surface area contributed by atoms with E-state index in [1.165, 1.54) is 0 Å². The molecule has 0 saturated carbocycles. The third-order valence-corrected chi connectivity index (χ3v) is 3.79. The van der Waals surface area contributed by atoms with Gasteiger partial charge in [-0.2, -0.15) is 11.8 Å². The van der Waals surface area contributed by atoms with E-state index in [-0.39, 0.29) is 5.84 Å². The van der Waals surface area contributed by atoms with Gasteiger partial charge in [-0.15, -0.1) is 0 Å². The van der Waals surface area contributed by atoms with Crippen molar-refractivity contribution in [2.24, 2.45) is 10.9 Å². The van der Waals surface area contributed by atoms with E-state index in [9.17, 15) is 0 Å². The van der Waals surface area contributed by atoms with E-state index in [0.717, 1.165) is 34.4 Å². The summed E-state index contributed by atoms with van der Waals surface area (Å²) in [5.41, 5.74) is 7.39. The standard InChI is InChI=1S/C12H18BrN3OS/c1-16(6-3-7-18-2)11-8-9(13)4-5-10(11)12(14)15-17/h4-5,8,17H,3,6-7H2,1-2H3,(H2,14,15). The van der Waals surface area contributed by atoms with Crippen molar-refractivity contribution >= 4 is 39.2 Å². The Bertz CT molecular complexity index is 426. The van der Waals surface area contributed by atoms with Crippen LogP contribution in [0.2, 0.25) is 0 Å². The molecule has 4 nitrogen and oxygen atoms in total. The molecule has 0 aromatic heterocycles. The Labute approximate surface area is 120 Å². The smallest absolute Gasteiger partial charge is 0.172 e. The molecule has 0 fully saturated rings. The number of hydrogen-bond acceptors (Lipinski definition) is 4. The van der Waals surface area contributed by atoms with Gasteiger partial charge in [-0.1, -0.05) is 21.1 Å². The molecule has 0 unspecified atom stereocenters. The molecule has 0 spiro atoms. The molecular weight excluding hydrogens is 314 g/mol. The van der Waals surface area contributed by atoms with Crippen LogP contribution in [0.5, 0.6) is 0 Å². The van der Waals surface area contributed by atoms with Crippen LogP contribution in [0.4, 0.5) is 5.69 Å². The van der Waals surface area contributed by atoms with E-state index in [1.807, 2.05) is 37.0 Å². The van der Waals surface area contributed by atoms with Gasteiger partial charge in [-0.05, 0) is 36.6 Å². The predicted octanol–water partition coefficient (Wildman–Crippen LogP) is 2.73. The van der Waals surface area contributed by atoms with Crippen molar-refractivity contribution in [2.45, 2.75) is 6.42 Å². The number of amidine groups is 1. The van der Waals surface area contributed by atoms with Crippen molar-refractivity contribution < 1.29 is 5.21 Å². The van der Waals surface area contributed by atoms with Crippen molar-refractivity contribution in [2.75, 3.05) is 30.5 Å². The van der Waals surface area contributed by atoms with Gasteiger partial charge >= 0.3 is 0 Å². The minimum atomic E-state index is 0.134. The van der Waals surface area contributed by atoms with Crippen LogP contribution in [-0.4, -0.2) is 36.6 Å². The van der Waals surface area contributed by atoms with Gasteiger partial charge in [0.1, 0.15) is 0 Å². The van der Waals surface area contributed by atoms with Crippen LogP contribution in [0.25, 0.3) is 0 Å². The largest absolute Gasteiger partial charge is 0.409 e. The first-order valence-corrected chi connectivity index (χ1v) is 7.76. The quantitative estimate of drug-likeness (QED) is 0.276. The molecule has 100 valence electrons. The number of benzene rings is 1. The van der Waals surface area contributed by atoms with Crippen LogP contribution in [0.15, 0.2) is 27.8 Å². The Kier molecular flexibility index (Phi) is 6.35. The second kappa shape index (κ2) is 7.53. The molecule has 1 rings (SSSR count).